The van der Waals surface area contributed by atoms with E-state index in [9.17, 15) is 0 Å². The summed E-state index contributed by atoms with van der Waals surface area (Å²) in [5, 5.41) is 8.11. The van der Waals surface area contributed by atoms with Crippen LogP contribution < -0.4 is 5.73 Å². The largest absolute Gasteiger partial charge is 0.384 e. The van der Waals surface area contributed by atoms with Gasteiger partial charge in [-0.1, -0.05) is 23.7 Å². The first-order valence-electron chi connectivity index (χ1n) is 6.36. The molecule has 0 aromatic heterocycles. The Kier molecular flexibility index (Phi) is 4.43. The second kappa shape index (κ2) is 5.73. The van der Waals surface area contributed by atoms with Crippen LogP contribution in [0, 0.1) is 5.41 Å². The van der Waals surface area contributed by atoms with Crippen LogP contribution >= 0.6 is 23.4 Å². The first kappa shape index (κ1) is 14.7. The fourth-order valence-electron chi connectivity index (χ4n) is 2.33. The van der Waals surface area contributed by atoms with Gasteiger partial charge in [0, 0.05) is 40.7 Å². The Morgan fingerprint density at radius 3 is 2.84 bits per heavy atom. The van der Waals surface area contributed by atoms with Gasteiger partial charge >= 0.3 is 0 Å². The van der Waals surface area contributed by atoms with E-state index >= 15 is 0 Å². The molecule has 5 heteroatoms. The maximum absolute atomic E-state index is 7.41. The molecular formula is C14H20ClN3S. The van der Waals surface area contributed by atoms with E-state index in [1.807, 2.05) is 23.9 Å². The fourth-order valence-corrected chi connectivity index (χ4v) is 3.75. The van der Waals surface area contributed by atoms with Crippen LogP contribution in [0.1, 0.15) is 25.0 Å². The molecule has 0 unspecified atom stereocenters. The van der Waals surface area contributed by atoms with E-state index in [4.69, 9.17) is 22.7 Å². The molecule has 0 saturated carbocycles. The predicted octanol–water partition coefficient (Wildman–Crippen LogP) is 2.95. The van der Waals surface area contributed by atoms with Gasteiger partial charge in [0.15, 0.2) is 0 Å². The third-order valence-corrected chi connectivity index (χ3v) is 4.91. The molecule has 0 amide bonds. The number of rotatable bonds is 3. The zero-order valence-electron chi connectivity index (χ0n) is 11.4. The van der Waals surface area contributed by atoms with Crippen LogP contribution in [0.25, 0.3) is 0 Å². The highest BCUT2D eigenvalue weighted by Crippen LogP contribution is 2.31. The average molecular weight is 298 g/mol. The molecule has 104 valence electrons. The minimum Gasteiger partial charge on any atom is -0.384 e. The van der Waals surface area contributed by atoms with E-state index in [1.54, 1.807) is 6.07 Å². The normalized spacial score (nSPS) is 19.3. The minimum absolute atomic E-state index is 0.0592. The number of nitrogen functional groups attached to an aromatic ring is 1. The zero-order valence-corrected chi connectivity index (χ0v) is 12.9. The molecule has 1 saturated heterocycles. The van der Waals surface area contributed by atoms with Crippen LogP contribution in [-0.4, -0.2) is 34.3 Å². The number of hydrogen-bond acceptors (Lipinski definition) is 3. The number of nitrogens with one attached hydrogen (secondary N) is 1. The number of benzene rings is 1. The fraction of sp³-hybridized carbons (Fsp3) is 0.500. The Morgan fingerprint density at radius 2 is 2.26 bits per heavy atom. The number of nitrogens with zero attached hydrogens (tertiary/aromatic N) is 1. The Bertz CT molecular complexity index is 488. The molecule has 3 nitrogen and oxygen atoms in total. The van der Waals surface area contributed by atoms with Gasteiger partial charge in [0.05, 0.1) is 0 Å². The molecule has 1 heterocycles. The van der Waals surface area contributed by atoms with E-state index in [1.165, 1.54) is 0 Å². The lowest BCUT2D eigenvalue weighted by Gasteiger charge is -2.37. The summed E-state index contributed by atoms with van der Waals surface area (Å²) in [5.41, 5.74) is 7.25. The summed E-state index contributed by atoms with van der Waals surface area (Å²) in [4.78, 5) is 2.44. The van der Waals surface area contributed by atoms with Crippen molar-refractivity contribution >= 4 is 29.2 Å². The van der Waals surface area contributed by atoms with Gasteiger partial charge < -0.3 is 5.73 Å². The van der Waals surface area contributed by atoms with Crippen LogP contribution in [0.3, 0.4) is 0 Å². The van der Waals surface area contributed by atoms with Gasteiger partial charge in [-0.25, -0.2) is 0 Å². The summed E-state index contributed by atoms with van der Waals surface area (Å²) in [6.07, 6.45) is 0. The molecule has 2 rings (SSSR count). The van der Waals surface area contributed by atoms with Crippen molar-refractivity contribution in [3.63, 3.8) is 0 Å². The van der Waals surface area contributed by atoms with Gasteiger partial charge in [0.2, 0.25) is 0 Å². The number of thioether (sulfide) groups is 1. The van der Waals surface area contributed by atoms with Crippen molar-refractivity contribution < 1.29 is 0 Å². The lowest BCUT2D eigenvalue weighted by atomic mass is 10.1. The number of halogens is 1. The van der Waals surface area contributed by atoms with Crippen molar-refractivity contribution in [1.29, 1.82) is 5.41 Å². The first-order valence-corrected chi connectivity index (χ1v) is 7.73. The van der Waals surface area contributed by atoms with Gasteiger partial charge in [0.1, 0.15) is 5.84 Å². The third kappa shape index (κ3) is 3.88. The highest BCUT2D eigenvalue weighted by Gasteiger charge is 2.27. The minimum atomic E-state index is 0.0592. The van der Waals surface area contributed by atoms with Gasteiger partial charge in [-0.05, 0) is 25.5 Å². The van der Waals surface area contributed by atoms with Gasteiger partial charge in [-0.3, -0.25) is 10.3 Å². The third-order valence-electron chi connectivity index (χ3n) is 3.26. The molecule has 1 aliphatic heterocycles. The molecular weight excluding hydrogens is 278 g/mol. The second-order valence-corrected chi connectivity index (χ2v) is 7.75. The molecule has 0 aliphatic carbocycles. The molecule has 1 aromatic carbocycles. The lowest BCUT2D eigenvalue weighted by molar-refractivity contribution is 0.252. The SMILES string of the molecule is CC1(C)CN(Cc2ccc(C(=N)N)cc2Cl)CCS1. The Morgan fingerprint density at radius 1 is 1.53 bits per heavy atom. The first-order chi connectivity index (χ1) is 8.87. The van der Waals surface area contributed by atoms with E-state index in [0.29, 0.717) is 15.3 Å². The van der Waals surface area contributed by atoms with Crippen molar-refractivity contribution in [2.24, 2.45) is 5.73 Å². The van der Waals surface area contributed by atoms with Crippen molar-refractivity contribution in [2.75, 3.05) is 18.8 Å². The zero-order chi connectivity index (χ0) is 14.0. The van der Waals surface area contributed by atoms with E-state index in [2.05, 4.69) is 18.7 Å². The summed E-state index contributed by atoms with van der Waals surface area (Å²) in [7, 11) is 0. The van der Waals surface area contributed by atoms with Crippen molar-refractivity contribution in [3.8, 4) is 0 Å². The van der Waals surface area contributed by atoms with Crippen LogP contribution in [0.2, 0.25) is 5.02 Å². The van der Waals surface area contributed by atoms with Gasteiger partial charge in [0.25, 0.3) is 0 Å². The van der Waals surface area contributed by atoms with Gasteiger partial charge in [-0.15, -0.1) is 0 Å². The van der Waals surface area contributed by atoms with Gasteiger partial charge in [-0.2, -0.15) is 11.8 Å². The summed E-state index contributed by atoms with van der Waals surface area (Å²) in [5.74, 6) is 1.22. The number of nitrogens with two attached hydrogens (primary N) is 1. The van der Waals surface area contributed by atoms with Crippen molar-refractivity contribution in [1.82, 2.24) is 4.90 Å². The standard InChI is InChI=1S/C14H20ClN3S/c1-14(2)9-18(5-6-19-14)8-11-4-3-10(13(16)17)7-12(11)15/h3-4,7H,5-6,8-9H2,1-2H3,(H3,16,17). The van der Waals surface area contributed by atoms with E-state index < -0.39 is 0 Å². The molecule has 1 aliphatic rings. The maximum Gasteiger partial charge on any atom is 0.122 e. The number of amidine groups is 1. The van der Waals surface area contributed by atoms with E-state index in [0.717, 1.165) is 31.0 Å². The Labute approximate surface area is 124 Å². The van der Waals surface area contributed by atoms with Crippen LogP contribution in [-0.2, 0) is 6.54 Å². The van der Waals surface area contributed by atoms with Crippen LogP contribution in [0.4, 0.5) is 0 Å². The van der Waals surface area contributed by atoms with Crippen LogP contribution in [0.5, 0.6) is 0 Å². The maximum atomic E-state index is 7.41. The highest BCUT2D eigenvalue weighted by molar-refractivity contribution is 8.00. The van der Waals surface area contributed by atoms with Crippen molar-refractivity contribution in [2.45, 2.75) is 25.1 Å². The summed E-state index contributed by atoms with van der Waals surface area (Å²) in [6.45, 7) is 7.59. The summed E-state index contributed by atoms with van der Waals surface area (Å²) >= 11 is 8.31. The average Bonchev–Trinajstić information content (AvgIpc) is 2.30. The van der Waals surface area contributed by atoms with Crippen molar-refractivity contribution in [3.05, 3.63) is 34.3 Å². The monoisotopic (exact) mass is 297 g/mol. The predicted molar refractivity (Wildman–Crippen MR) is 84.3 cm³/mol. The lowest BCUT2D eigenvalue weighted by Crippen LogP contribution is -2.42. The molecule has 0 spiro atoms. The second-order valence-electron chi connectivity index (χ2n) is 5.54. The molecule has 0 bridgehead atoms. The summed E-state index contributed by atoms with van der Waals surface area (Å²) in [6, 6.07) is 5.63. The molecule has 1 aromatic rings. The smallest absolute Gasteiger partial charge is 0.122 e. The highest BCUT2D eigenvalue weighted by atomic mass is 35.5. The topological polar surface area (TPSA) is 53.1 Å². The molecule has 0 atom stereocenters. The molecule has 0 radical (unpaired) electrons. The quantitative estimate of drug-likeness (QED) is 0.666. The molecule has 3 N–H and O–H groups in total. The molecule has 1 fully saturated rings. The Hall–Kier alpha value is -0.710. The van der Waals surface area contributed by atoms with Crippen LogP contribution in [0.15, 0.2) is 18.2 Å². The Balaban J connectivity index is 2.09. The summed E-state index contributed by atoms with van der Waals surface area (Å²) < 4.78 is 0.310. The molecule has 19 heavy (non-hydrogen) atoms. The number of hydrogen-bond donors (Lipinski definition) is 2. The van der Waals surface area contributed by atoms with E-state index in [-0.39, 0.29) is 5.84 Å².